The number of aromatic nitrogens is 2. The van der Waals surface area contributed by atoms with Crippen LogP contribution in [0.2, 0.25) is 0 Å². The molecule has 0 bridgehead atoms. The number of anilines is 2. The Morgan fingerprint density at radius 3 is 2.94 bits per heavy atom. The van der Waals surface area contributed by atoms with Gasteiger partial charge in [-0.1, -0.05) is 0 Å². The van der Waals surface area contributed by atoms with Gasteiger partial charge in [0.05, 0.1) is 17.9 Å². The molecule has 18 heavy (non-hydrogen) atoms. The van der Waals surface area contributed by atoms with Crippen LogP contribution in [-0.2, 0) is 11.3 Å². The molecule has 0 radical (unpaired) electrons. The maximum Gasteiger partial charge on any atom is 0.221 e. The van der Waals surface area contributed by atoms with Gasteiger partial charge in [0.2, 0.25) is 5.91 Å². The molecule has 0 unspecified atom stereocenters. The SMILES string of the molecule is CC(=O)Nc1cc(NCc2ccn[nH]2)ccc1F. The van der Waals surface area contributed by atoms with Crippen molar-refractivity contribution in [1.29, 1.82) is 0 Å². The molecular formula is C12H13FN4O. The lowest BCUT2D eigenvalue weighted by atomic mass is 10.2. The standard InChI is InChI=1S/C12H13FN4O/c1-8(18)16-12-6-9(2-3-11(12)13)14-7-10-4-5-15-17-10/h2-6,14H,7H2,1H3,(H,15,17)(H,16,18). The lowest BCUT2D eigenvalue weighted by molar-refractivity contribution is -0.114. The Bertz CT molecular complexity index is 539. The molecule has 2 rings (SSSR count). The van der Waals surface area contributed by atoms with Crippen molar-refractivity contribution >= 4 is 17.3 Å². The first-order valence-electron chi connectivity index (χ1n) is 5.44. The van der Waals surface area contributed by atoms with E-state index < -0.39 is 5.82 Å². The number of nitrogens with zero attached hydrogens (tertiary/aromatic N) is 1. The molecule has 0 saturated carbocycles. The number of hydrogen-bond donors (Lipinski definition) is 3. The van der Waals surface area contributed by atoms with Gasteiger partial charge in [-0.3, -0.25) is 9.89 Å². The highest BCUT2D eigenvalue weighted by Crippen LogP contribution is 2.19. The summed E-state index contributed by atoms with van der Waals surface area (Å²) in [5, 5.41) is 12.2. The Morgan fingerprint density at radius 1 is 1.44 bits per heavy atom. The Kier molecular flexibility index (Phi) is 3.57. The van der Waals surface area contributed by atoms with E-state index in [0.717, 1.165) is 11.4 Å². The number of carbonyl (C=O) groups excluding carboxylic acids is 1. The molecule has 0 spiro atoms. The number of hydrogen-bond acceptors (Lipinski definition) is 3. The van der Waals surface area contributed by atoms with Crippen LogP contribution in [0.1, 0.15) is 12.6 Å². The monoisotopic (exact) mass is 248 g/mol. The molecule has 0 aliphatic heterocycles. The van der Waals surface area contributed by atoms with Crippen molar-refractivity contribution in [3.63, 3.8) is 0 Å². The van der Waals surface area contributed by atoms with Crippen molar-refractivity contribution in [1.82, 2.24) is 10.2 Å². The van der Waals surface area contributed by atoms with Crippen LogP contribution in [0.5, 0.6) is 0 Å². The van der Waals surface area contributed by atoms with Gasteiger partial charge in [-0.05, 0) is 24.3 Å². The van der Waals surface area contributed by atoms with Gasteiger partial charge in [-0.15, -0.1) is 0 Å². The molecule has 0 aliphatic carbocycles. The number of carbonyl (C=O) groups is 1. The van der Waals surface area contributed by atoms with Gasteiger partial charge < -0.3 is 10.6 Å². The normalized spacial score (nSPS) is 10.1. The van der Waals surface area contributed by atoms with Gasteiger partial charge >= 0.3 is 0 Å². The second-order valence-electron chi connectivity index (χ2n) is 3.81. The summed E-state index contributed by atoms with van der Waals surface area (Å²) < 4.78 is 13.4. The van der Waals surface area contributed by atoms with Gasteiger partial charge in [0.25, 0.3) is 0 Å². The lowest BCUT2D eigenvalue weighted by Crippen LogP contribution is -2.08. The summed E-state index contributed by atoms with van der Waals surface area (Å²) >= 11 is 0. The number of H-pyrrole nitrogens is 1. The summed E-state index contributed by atoms with van der Waals surface area (Å²) in [6.07, 6.45) is 1.66. The van der Waals surface area contributed by atoms with Crippen LogP contribution in [-0.4, -0.2) is 16.1 Å². The van der Waals surface area contributed by atoms with Crippen molar-refractivity contribution in [3.05, 3.63) is 42.0 Å². The van der Waals surface area contributed by atoms with E-state index in [-0.39, 0.29) is 11.6 Å². The van der Waals surface area contributed by atoms with Crippen molar-refractivity contribution in [2.24, 2.45) is 0 Å². The first-order chi connectivity index (χ1) is 8.65. The second kappa shape index (κ2) is 5.31. The predicted molar refractivity (Wildman–Crippen MR) is 66.6 cm³/mol. The number of halogens is 1. The van der Waals surface area contributed by atoms with Gasteiger partial charge in [0.15, 0.2) is 0 Å². The first kappa shape index (κ1) is 12.1. The van der Waals surface area contributed by atoms with E-state index in [9.17, 15) is 9.18 Å². The van der Waals surface area contributed by atoms with Crippen LogP contribution < -0.4 is 10.6 Å². The zero-order valence-corrected chi connectivity index (χ0v) is 9.83. The summed E-state index contributed by atoms with van der Waals surface area (Å²) in [5.74, 6) is -0.767. The molecule has 1 amide bonds. The van der Waals surface area contributed by atoms with E-state index in [1.54, 1.807) is 18.3 Å². The average Bonchev–Trinajstić information content (AvgIpc) is 2.82. The summed E-state index contributed by atoms with van der Waals surface area (Å²) in [7, 11) is 0. The highest BCUT2D eigenvalue weighted by atomic mass is 19.1. The molecular weight excluding hydrogens is 235 g/mol. The maximum absolute atomic E-state index is 13.4. The minimum Gasteiger partial charge on any atom is -0.379 e. The maximum atomic E-state index is 13.4. The Hall–Kier alpha value is -2.37. The fourth-order valence-corrected chi connectivity index (χ4v) is 1.50. The van der Waals surface area contributed by atoms with E-state index in [0.29, 0.717) is 6.54 Å². The molecule has 0 fully saturated rings. The highest BCUT2D eigenvalue weighted by molar-refractivity contribution is 5.89. The van der Waals surface area contributed by atoms with Crippen molar-refractivity contribution in [3.8, 4) is 0 Å². The third-order valence-electron chi connectivity index (χ3n) is 2.32. The number of aromatic amines is 1. The molecule has 2 aromatic rings. The van der Waals surface area contributed by atoms with Crippen LogP contribution in [0.15, 0.2) is 30.5 Å². The molecule has 0 atom stereocenters. The smallest absolute Gasteiger partial charge is 0.221 e. The Labute approximate surface area is 103 Å². The largest absolute Gasteiger partial charge is 0.379 e. The van der Waals surface area contributed by atoms with Crippen molar-refractivity contribution < 1.29 is 9.18 Å². The quantitative estimate of drug-likeness (QED) is 0.776. The minimum absolute atomic E-state index is 0.164. The van der Waals surface area contributed by atoms with E-state index in [1.165, 1.54) is 13.0 Å². The second-order valence-corrected chi connectivity index (χ2v) is 3.81. The van der Waals surface area contributed by atoms with E-state index in [1.807, 2.05) is 6.07 Å². The van der Waals surface area contributed by atoms with Crippen LogP contribution in [0.4, 0.5) is 15.8 Å². The fraction of sp³-hybridized carbons (Fsp3) is 0.167. The predicted octanol–water partition coefficient (Wildman–Crippen LogP) is 2.12. The lowest BCUT2D eigenvalue weighted by Gasteiger charge is -2.08. The molecule has 94 valence electrons. The van der Waals surface area contributed by atoms with E-state index in [4.69, 9.17) is 0 Å². The molecule has 1 aromatic heterocycles. The average molecular weight is 248 g/mol. The van der Waals surface area contributed by atoms with Crippen molar-refractivity contribution in [2.45, 2.75) is 13.5 Å². The van der Waals surface area contributed by atoms with E-state index >= 15 is 0 Å². The molecule has 5 nitrogen and oxygen atoms in total. The van der Waals surface area contributed by atoms with Gasteiger partial charge in [0, 0.05) is 18.8 Å². The third-order valence-corrected chi connectivity index (χ3v) is 2.32. The summed E-state index contributed by atoms with van der Waals surface area (Å²) in [5.41, 5.74) is 1.80. The Balaban J connectivity index is 2.06. The van der Waals surface area contributed by atoms with Gasteiger partial charge in [-0.25, -0.2) is 4.39 Å². The number of benzene rings is 1. The first-order valence-corrected chi connectivity index (χ1v) is 5.44. The summed E-state index contributed by atoms with van der Waals surface area (Å²) in [4.78, 5) is 10.9. The number of nitrogens with one attached hydrogen (secondary N) is 3. The zero-order valence-electron chi connectivity index (χ0n) is 9.83. The Morgan fingerprint density at radius 2 is 2.28 bits per heavy atom. The number of rotatable bonds is 4. The fourth-order valence-electron chi connectivity index (χ4n) is 1.50. The van der Waals surface area contributed by atoms with Crippen LogP contribution >= 0.6 is 0 Å². The van der Waals surface area contributed by atoms with Crippen LogP contribution in [0, 0.1) is 5.82 Å². The zero-order chi connectivity index (χ0) is 13.0. The van der Waals surface area contributed by atoms with Gasteiger partial charge in [0.1, 0.15) is 5.82 Å². The van der Waals surface area contributed by atoms with E-state index in [2.05, 4.69) is 20.8 Å². The molecule has 1 aromatic carbocycles. The highest BCUT2D eigenvalue weighted by Gasteiger charge is 2.05. The molecule has 3 N–H and O–H groups in total. The molecule has 0 saturated heterocycles. The molecule has 6 heteroatoms. The summed E-state index contributed by atoms with van der Waals surface area (Å²) in [6.45, 7) is 1.88. The topological polar surface area (TPSA) is 69.8 Å². The minimum atomic E-state index is -0.461. The summed E-state index contributed by atoms with van der Waals surface area (Å²) in [6, 6.07) is 6.30. The molecule has 0 aliphatic rings. The number of amides is 1. The molecule has 1 heterocycles. The van der Waals surface area contributed by atoms with Crippen molar-refractivity contribution in [2.75, 3.05) is 10.6 Å². The van der Waals surface area contributed by atoms with Crippen LogP contribution in [0.25, 0.3) is 0 Å². The third kappa shape index (κ3) is 3.07. The van der Waals surface area contributed by atoms with Gasteiger partial charge in [-0.2, -0.15) is 5.10 Å². The van der Waals surface area contributed by atoms with Crippen LogP contribution in [0.3, 0.4) is 0 Å².